The van der Waals surface area contributed by atoms with Crippen LogP contribution in [0.25, 0.3) is 5.65 Å². The van der Waals surface area contributed by atoms with E-state index in [1.165, 1.54) is 0 Å². The molecule has 1 aliphatic heterocycles. The third-order valence-electron chi connectivity index (χ3n) is 2.01. The van der Waals surface area contributed by atoms with E-state index in [0.717, 1.165) is 24.6 Å². The van der Waals surface area contributed by atoms with Gasteiger partial charge in [-0.05, 0) is 12.1 Å². The minimum atomic E-state index is 0.903. The smallest absolute Gasteiger partial charge is 0.153 e. The van der Waals surface area contributed by atoms with Crippen molar-refractivity contribution in [1.29, 1.82) is 0 Å². The topological polar surface area (TPSA) is 33.2 Å². The molecule has 0 unspecified atom stereocenters. The lowest BCUT2D eigenvalue weighted by atomic mass is 10.5. The zero-order chi connectivity index (χ0) is 7.97. The van der Waals surface area contributed by atoms with Crippen molar-refractivity contribution in [2.75, 3.05) is 18.0 Å². The molecule has 3 heterocycles. The van der Waals surface area contributed by atoms with Gasteiger partial charge in [0.2, 0.25) is 0 Å². The van der Waals surface area contributed by atoms with Crippen molar-refractivity contribution in [2.45, 2.75) is 0 Å². The highest BCUT2D eigenvalue weighted by molar-refractivity contribution is 5.48. The lowest BCUT2D eigenvalue weighted by Gasteiger charge is -2.00. The van der Waals surface area contributed by atoms with Gasteiger partial charge in [-0.3, -0.25) is 0 Å². The molecule has 3 rings (SSSR count). The maximum absolute atomic E-state index is 4.38. The van der Waals surface area contributed by atoms with E-state index in [4.69, 9.17) is 0 Å². The van der Waals surface area contributed by atoms with E-state index in [1.54, 1.807) is 10.7 Å². The molecule has 2 aromatic rings. The van der Waals surface area contributed by atoms with Gasteiger partial charge in [-0.25, -0.2) is 9.50 Å². The number of hydrogen-bond donors (Lipinski definition) is 0. The van der Waals surface area contributed by atoms with Crippen LogP contribution in [0.5, 0.6) is 0 Å². The van der Waals surface area contributed by atoms with Gasteiger partial charge in [-0.15, -0.1) is 5.10 Å². The second-order valence-corrected chi connectivity index (χ2v) is 2.91. The Balaban J connectivity index is 2.21. The lowest BCUT2D eigenvalue weighted by molar-refractivity contribution is 0.928. The Kier molecular flexibility index (Phi) is 0.983. The van der Waals surface area contributed by atoms with E-state index in [9.17, 15) is 0 Å². The summed E-state index contributed by atoms with van der Waals surface area (Å²) in [7, 11) is 0. The zero-order valence-corrected chi connectivity index (χ0v) is 6.51. The first-order chi connectivity index (χ1) is 5.93. The summed E-state index contributed by atoms with van der Waals surface area (Å²) < 4.78 is 1.80. The molecular formula is C8H8N4. The summed E-state index contributed by atoms with van der Waals surface area (Å²) in [6.45, 7) is 2.26. The van der Waals surface area contributed by atoms with Crippen LogP contribution in [0, 0.1) is 0 Å². The Hall–Kier alpha value is -1.58. The third-order valence-corrected chi connectivity index (χ3v) is 2.01. The Labute approximate surface area is 69.4 Å². The van der Waals surface area contributed by atoms with Gasteiger partial charge in [0, 0.05) is 25.5 Å². The number of rotatable bonds is 1. The second-order valence-electron chi connectivity index (χ2n) is 2.91. The summed E-state index contributed by atoms with van der Waals surface area (Å²) in [5, 5.41) is 4.38. The summed E-state index contributed by atoms with van der Waals surface area (Å²) in [5.74, 6) is 1.04. The molecule has 0 aromatic carbocycles. The summed E-state index contributed by atoms with van der Waals surface area (Å²) in [4.78, 5) is 6.33. The van der Waals surface area contributed by atoms with Crippen LogP contribution >= 0.6 is 0 Å². The maximum Gasteiger partial charge on any atom is 0.153 e. The zero-order valence-electron chi connectivity index (χ0n) is 6.51. The molecule has 1 fully saturated rings. The molecule has 0 atom stereocenters. The summed E-state index contributed by atoms with van der Waals surface area (Å²) in [5.41, 5.74) is 0.903. The molecule has 0 aliphatic carbocycles. The standard InChI is InChI=1S/C8H8N4/c1-2-8(11-5-6-11)10-12-4-3-9-7(1)12/h1-4H,5-6H2. The van der Waals surface area contributed by atoms with Gasteiger partial charge in [0.15, 0.2) is 5.65 Å². The van der Waals surface area contributed by atoms with Crippen molar-refractivity contribution in [3.05, 3.63) is 24.5 Å². The summed E-state index contributed by atoms with van der Waals surface area (Å²) in [6, 6.07) is 4.00. The van der Waals surface area contributed by atoms with Crippen LogP contribution in [0.3, 0.4) is 0 Å². The van der Waals surface area contributed by atoms with E-state index in [1.807, 2.05) is 18.3 Å². The third kappa shape index (κ3) is 0.777. The van der Waals surface area contributed by atoms with E-state index in [2.05, 4.69) is 15.0 Å². The van der Waals surface area contributed by atoms with Crippen LogP contribution in [0.4, 0.5) is 5.82 Å². The molecule has 0 spiro atoms. The quantitative estimate of drug-likeness (QED) is 0.571. The maximum atomic E-state index is 4.38. The number of nitrogens with zero attached hydrogens (tertiary/aromatic N) is 4. The van der Waals surface area contributed by atoms with Crippen LogP contribution in [-0.2, 0) is 0 Å². The molecule has 1 aliphatic rings. The van der Waals surface area contributed by atoms with Gasteiger partial charge >= 0.3 is 0 Å². The number of imidazole rings is 1. The lowest BCUT2D eigenvalue weighted by Crippen LogP contribution is -1.98. The van der Waals surface area contributed by atoms with E-state index < -0.39 is 0 Å². The number of hydrogen-bond acceptors (Lipinski definition) is 3. The van der Waals surface area contributed by atoms with Crippen molar-refractivity contribution >= 4 is 11.5 Å². The van der Waals surface area contributed by atoms with Crippen LogP contribution in [0.2, 0.25) is 0 Å². The van der Waals surface area contributed by atoms with Crippen molar-refractivity contribution in [2.24, 2.45) is 0 Å². The second kappa shape index (κ2) is 1.97. The first-order valence-electron chi connectivity index (χ1n) is 3.99. The SMILES string of the molecule is c1cn2nc(N3CC3)ccc2n1. The molecule has 1 saturated heterocycles. The number of anilines is 1. The Morgan fingerprint density at radius 2 is 2.17 bits per heavy atom. The van der Waals surface area contributed by atoms with Gasteiger partial charge < -0.3 is 4.90 Å². The van der Waals surface area contributed by atoms with Crippen LogP contribution < -0.4 is 4.90 Å². The van der Waals surface area contributed by atoms with Crippen LogP contribution in [-0.4, -0.2) is 27.7 Å². The van der Waals surface area contributed by atoms with Gasteiger partial charge in [0.25, 0.3) is 0 Å². The minimum absolute atomic E-state index is 0.903. The van der Waals surface area contributed by atoms with E-state index in [-0.39, 0.29) is 0 Å². The Bertz CT molecular complexity index is 416. The first-order valence-corrected chi connectivity index (χ1v) is 3.99. The van der Waals surface area contributed by atoms with E-state index >= 15 is 0 Å². The van der Waals surface area contributed by atoms with Crippen molar-refractivity contribution < 1.29 is 0 Å². The van der Waals surface area contributed by atoms with Crippen molar-refractivity contribution in [3.8, 4) is 0 Å². The molecule has 4 heteroatoms. The highest BCUT2D eigenvalue weighted by Crippen LogP contribution is 2.17. The molecule has 2 aromatic heterocycles. The van der Waals surface area contributed by atoms with Crippen molar-refractivity contribution in [1.82, 2.24) is 14.6 Å². The average Bonchev–Trinajstić information content (AvgIpc) is 2.84. The predicted molar refractivity (Wildman–Crippen MR) is 45.2 cm³/mol. The average molecular weight is 160 g/mol. The molecule has 0 saturated carbocycles. The minimum Gasteiger partial charge on any atom is -0.352 e. The predicted octanol–water partition coefficient (Wildman–Crippen LogP) is 0.549. The normalized spacial score (nSPS) is 15.5. The number of aromatic nitrogens is 3. The molecular weight excluding hydrogens is 152 g/mol. The monoisotopic (exact) mass is 160 g/mol. The highest BCUT2D eigenvalue weighted by atomic mass is 15.4. The Morgan fingerprint density at radius 3 is 3.00 bits per heavy atom. The fourth-order valence-corrected chi connectivity index (χ4v) is 1.25. The number of fused-ring (bicyclic) bond motifs is 1. The van der Waals surface area contributed by atoms with Gasteiger partial charge in [0.05, 0.1) is 0 Å². The van der Waals surface area contributed by atoms with Gasteiger partial charge in [-0.2, -0.15) is 0 Å². The fraction of sp³-hybridized carbons (Fsp3) is 0.250. The first kappa shape index (κ1) is 5.99. The molecule has 0 bridgehead atoms. The molecule has 0 radical (unpaired) electrons. The van der Waals surface area contributed by atoms with E-state index in [0.29, 0.717) is 0 Å². The summed E-state index contributed by atoms with van der Waals surface area (Å²) in [6.07, 6.45) is 3.62. The summed E-state index contributed by atoms with van der Waals surface area (Å²) >= 11 is 0. The van der Waals surface area contributed by atoms with Crippen LogP contribution in [0.1, 0.15) is 0 Å². The van der Waals surface area contributed by atoms with Gasteiger partial charge in [-0.1, -0.05) is 0 Å². The molecule has 0 N–H and O–H groups in total. The molecule has 12 heavy (non-hydrogen) atoms. The Morgan fingerprint density at radius 1 is 1.25 bits per heavy atom. The molecule has 0 amide bonds. The highest BCUT2D eigenvalue weighted by Gasteiger charge is 2.19. The van der Waals surface area contributed by atoms with Crippen molar-refractivity contribution in [3.63, 3.8) is 0 Å². The van der Waals surface area contributed by atoms with Gasteiger partial charge in [0.1, 0.15) is 5.82 Å². The largest absolute Gasteiger partial charge is 0.352 e. The van der Waals surface area contributed by atoms with Crippen LogP contribution in [0.15, 0.2) is 24.5 Å². The molecule has 4 nitrogen and oxygen atoms in total. The molecule has 60 valence electrons. The fourth-order valence-electron chi connectivity index (χ4n) is 1.25.